The number of hydrogen-bond donors (Lipinski definition) is 0. The van der Waals surface area contributed by atoms with Gasteiger partial charge in [0.05, 0.1) is 4.92 Å². The molecule has 1 aliphatic rings. The highest BCUT2D eigenvalue weighted by atomic mass is 79.9. The number of fused-ring (bicyclic) bond motifs is 1. The maximum atomic E-state index is 11.3. The third-order valence-electron chi connectivity index (χ3n) is 3.79. The van der Waals surface area contributed by atoms with E-state index >= 15 is 0 Å². The van der Waals surface area contributed by atoms with Gasteiger partial charge in [0.25, 0.3) is 0 Å². The molecule has 2 aromatic carbocycles. The minimum absolute atomic E-state index is 0.00611. The molecule has 0 saturated heterocycles. The van der Waals surface area contributed by atoms with E-state index in [0.29, 0.717) is 16.8 Å². The number of allylic oxidation sites excluding steroid dienone is 1. The molecule has 22 heavy (non-hydrogen) atoms. The van der Waals surface area contributed by atoms with Crippen molar-refractivity contribution in [2.45, 2.75) is 12.8 Å². The van der Waals surface area contributed by atoms with Crippen molar-refractivity contribution in [3.8, 4) is 5.75 Å². The number of nitrogens with zero attached hydrogens (tertiary/aromatic N) is 1. The molecule has 112 valence electrons. The third-order valence-corrected chi connectivity index (χ3v) is 4.25. The highest BCUT2D eigenvalue weighted by molar-refractivity contribution is 9.10. The summed E-state index contributed by atoms with van der Waals surface area (Å²) in [6.45, 7) is 2.37. The molecule has 1 unspecified atom stereocenters. The van der Waals surface area contributed by atoms with Gasteiger partial charge in [-0.2, -0.15) is 0 Å². The van der Waals surface area contributed by atoms with E-state index in [-0.39, 0.29) is 11.6 Å². The Labute approximate surface area is 136 Å². The summed E-state index contributed by atoms with van der Waals surface area (Å²) in [5, 5.41) is 11.3. The molecule has 0 fully saturated rings. The third kappa shape index (κ3) is 2.64. The molecule has 1 aliphatic heterocycles. The van der Waals surface area contributed by atoms with Gasteiger partial charge in [-0.3, -0.25) is 10.1 Å². The second-order valence-corrected chi connectivity index (χ2v) is 6.12. The van der Waals surface area contributed by atoms with Crippen molar-refractivity contribution in [2.24, 2.45) is 0 Å². The highest BCUT2D eigenvalue weighted by Gasteiger charge is 2.29. The quantitative estimate of drug-likeness (QED) is 0.438. The van der Waals surface area contributed by atoms with Gasteiger partial charge in [-0.15, -0.1) is 0 Å². The predicted octanol–water partition coefficient (Wildman–Crippen LogP) is 4.83. The van der Waals surface area contributed by atoms with Crippen molar-refractivity contribution in [1.29, 1.82) is 0 Å². The highest BCUT2D eigenvalue weighted by Crippen LogP contribution is 2.44. The van der Waals surface area contributed by atoms with Crippen LogP contribution in [0.4, 0.5) is 5.69 Å². The zero-order valence-electron chi connectivity index (χ0n) is 12.0. The molecule has 0 radical (unpaired) electrons. The molecule has 0 aromatic heterocycles. The van der Waals surface area contributed by atoms with E-state index in [1.807, 2.05) is 49.4 Å². The molecule has 0 spiro atoms. The fourth-order valence-corrected chi connectivity index (χ4v) is 3.28. The first kappa shape index (κ1) is 14.8. The van der Waals surface area contributed by atoms with Crippen molar-refractivity contribution in [2.75, 3.05) is 6.61 Å². The van der Waals surface area contributed by atoms with E-state index in [1.165, 1.54) is 6.07 Å². The Kier molecular flexibility index (Phi) is 3.98. The maximum absolute atomic E-state index is 11.3. The SMILES string of the molecule is CC1=CCOc2c(cc(Br)cc2[N+](=O)[O-])C1c1ccccc1. The summed E-state index contributed by atoms with van der Waals surface area (Å²) in [5.41, 5.74) is 3.03. The normalized spacial score (nSPS) is 17.0. The minimum atomic E-state index is -0.397. The van der Waals surface area contributed by atoms with E-state index in [0.717, 1.165) is 16.7 Å². The molecule has 0 aliphatic carbocycles. The summed E-state index contributed by atoms with van der Waals surface area (Å²) in [6, 6.07) is 13.4. The Hall–Kier alpha value is -2.14. The summed E-state index contributed by atoms with van der Waals surface area (Å²) in [4.78, 5) is 11.0. The minimum Gasteiger partial charge on any atom is -0.482 e. The first-order chi connectivity index (χ1) is 10.6. The molecule has 0 N–H and O–H groups in total. The van der Waals surface area contributed by atoms with Crippen LogP contribution in [-0.4, -0.2) is 11.5 Å². The van der Waals surface area contributed by atoms with Crippen LogP contribution in [0.25, 0.3) is 0 Å². The standard InChI is InChI=1S/C17H14BrNO3/c1-11-7-8-22-17-14(9-13(18)10-15(17)19(20)21)16(11)12-5-3-2-4-6-12/h2-7,9-10,16H,8H2,1H3. The number of halogens is 1. The molecule has 5 heteroatoms. The van der Waals surface area contributed by atoms with E-state index in [9.17, 15) is 10.1 Å². The van der Waals surface area contributed by atoms with E-state index in [2.05, 4.69) is 15.9 Å². The first-order valence-electron chi connectivity index (χ1n) is 6.90. The number of nitro groups is 1. The van der Waals surface area contributed by atoms with Crippen molar-refractivity contribution in [1.82, 2.24) is 0 Å². The Morgan fingerprint density at radius 1 is 1.27 bits per heavy atom. The molecule has 1 heterocycles. The van der Waals surface area contributed by atoms with Crippen molar-refractivity contribution in [3.63, 3.8) is 0 Å². The molecule has 0 amide bonds. The van der Waals surface area contributed by atoms with Gasteiger partial charge in [-0.25, -0.2) is 0 Å². The number of ether oxygens (including phenoxy) is 1. The number of rotatable bonds is 2. The van der Waals surface area contributed by atoms with Crippen LogP contribution in [0.1, 0.15) is 24.0 Å². The van der Waals surface area contributed by atoms with Gasteiger partial charge in [0.2, 0.25) is 5.75 Å². The number of hydrogen-bond acceptors (Lipinski definition) is 3. The van der Waals surface area contributed by atoms with Gasteiger partial charge in [0.1, 0.15) is 6.61 Å². The summed E-state index contributed by atoms with van der Waals surface area (Å²) >= 11 is 3.38. The van der Waals surface area contributed by atoms with Crippen molar-refractivity contribution in [3.05, 3.63) is 79.8 Å². The van der Waals surface area contributed by atoms with Crippen LogP contribution >= 0.6 is 15.9 Å². The zero-order valence-corrected chi connectivity index (χ0v) is 13.5. The Balaban J connectivity index is 2.26. The van der Waals surface area contributed by atoms with E-state index < -0.39 is 4.92 Å². The van der Waals surface area contributed by atoms with Crippen LogP contribution in [0.2, 0.25) is 0 Å². The Bertz CT molecular complexity index is 756. The zero-order chi connectivity index (χ0) is 15.7. The maximum Gasteiger partial charge on any atom is 0.312 e. The molecule has 2 aromatic rings. The summed E-state index contributed by atoms with van der Waals surface area (Å²) in [6.07, 6.45) is 1.98. The van der Waals surface area contributed by atoms with Crippen LogP contribution in [0.5, 0.6) is 5.75 Å². The Morgan fingerprint density at radius 2 is 2.00 bits per heavy atom. The monoisotopic (exact) mass is 359 g/mol. The topological polar surface area (TPSA) is 52.4 Å². The van der Waals surface area contributed by atoms with Crippen molar-refractivity contribution < 1.29 is 9.66 Å². The van der Waals surface area contributed by atoms with E-state index in [1.54, 1.807) is 0 Å². The van der Waals surface area contributed by atoms with Gasteiger partial charge >= 0.3 is 5.69 Å². The average molecular weight is 360 g/mol. The molecule has 0 saturated carbocycles. The summed E-state index contributed by atoms with van der Waals surface area (Å²) < 4.78 is 6.36. The summed E-state index contributed by atoms with van der Waals surface area (Å²) in [7, 11) is 0. The fourth-order valence-electron chi connectivity index (χ4n) is 2.81. The molecular weight excluding hydrogens is 346 g/mol. The lowest BCUT2D eigenvalue weighted by atomic mass is 9.85. The molecule has 3 rings (SSSR count). The number of nitro benzene ring substituents is 1. The molecule has 0 bridgehead atoms. The van der Waals surface area contributed by atoms with E-state index in [4.69, 9.17) is 4.74 Å². The van der Waals surface area contributed by atoms with Crippen molar-refractivity contribution >= 4 is 21.6 Å². The fraction of sp³-hybridized carbons (Fsp3) is 0.176. The Morgan fingerprint density at radius 3 is 2.68 bits per heavy atom. The average Bonchev–Trinajstić information content (AvgIpc) is 2.65. The number of benzene rings is 2. The van der Waals surface area contributed by atoms with Gasteiger partial charge in [-0.1, -0.05) is 51.8 Å². The second kappa shape index (κ2) is 5.93. The lowest BCUT2D eigenvalue weighted by molar-refractivity contribution is -0.385. The van der Waals surface area contributed by atoms with Gasteiger partial charge in [-0.05, 0) is 24.6 Å². The first-order valence-corrected chi connectivity index (χ1v) is 7.69. The van der Waals surface area contributed by atoms with Crippen LogP contribution in [0.3, 0.4) is 0 Å². The lowest BCUT2D eigenvalue weighted by Gasteiger charge is -2.19. The van der Waals surface area contributed by atoms with Crippen LogP contribution in [0.15, 0.2) is 58.6 Å². The van der Waals surface area contributed by atoms with Crippen LogP contribution < -0.4 is 4.74 Å². The molecular formula is C17H14BrNO3. The lowest BCUT2D eigenvalue weighted by Crippen LogP contribution is -2.05. The van der Waals surface area contributed by atoms with Crippen LogP contribution in [0, 0.1) is 10.1 Å². The summed E-state index contributed by atoms with van der Waals surface area (Å²) in [5.74, 6) is 0.310. The largest absolute Gasteiger partial charge is 0.482 e. The smallest absolute Gasteiger partial charge is 0.312 e. The molecule has 4 nitrogen and oxygen atoms in total. The van der Waals surface area contributed by atoms with Crippen LogP contribution in [-0.2, 0) is 0 Å². The second-order valence-electron chi connectivity index (χ2n) is 5.20. The van der Waals surface area contributed by atoms with Gasteiger partial charge < -0.3 is 4.74 Å². The van der Waals surface area contributed by atoms with Gasteiger partial charge in [0.15, 0.2) is 0 Å². The van der Waals surface area contributed by atoms with Gasteiger partial charge in [0, 0.05) is 22.0 Å². The molecule has 1 atom stereocenters. The predicted molar refractivity (Wildman–Crippen MR) is 88.3 cm³/mol.